The van der Waals surface area contributed by atoms with Gasteiger partial charge in [-0.25, -0.2) is 0 Å². The van der Waals surface area contributed by atoms with Crippen molar-refractivity contribution in [1.29, 1.82) is 0 Å². The van der Waals surface area contributed by atoms with Crippen LogP contribution in [-0.4, -0.2) is 7.11 Å². The fourth-order valence-corrected chi connectivity index (χ4v) is 2.33. The number of hydrogen-bond acceptors (Lipinski definition) is 3. The number of hydrogen-bond donors (Lipinski definition) is 1. The van der Waals surface area contributed by atoms with Crippen molar-refractivity contribution in [2.24, 2.45) is 0 Å². The molecule has 2 rings (SSSR count). The SMILES string of the molecule is COCc1cccc(NC(C)c2cc(C)oc2C)c1. The molecule has 0 spiro atoms. The van der Waals surface area contributed by atoms with Gasteiger partial charge < -0.3 is 14.5 Å². The van der Waals surface area contributed by atoms with E-state index in [4.69, 9.17) is 9.15 Å². The minimum atomic E-state index is 0.218. The summed E-state index contributed by atoms with van der Waals surface area (Å²) in [6.07, 6.45) is 0. The molecule has 1 atom stereocenters. The van der Waals surface area contributed by atoms with E-state index in [1.807, 2.05) is 19.9 Å². The molecule has 0 fully saturated rings. The Morgan fingerprint density at radius 2 is 2.05 bits per heavy atom. The third-order valence-electron chi connectivity index (χ3n) is 3.17. The standard InChI is InChI=1S/C16H21NO2/c1-11-8-16(13(3)19-11)12(2)17-15-7-5-6-14(9-15)10-18-4/h5-9,12,17H,10H2,1-4H3. The molecule has 19 heavy (non-hydrogen) atoms. The Hall–Kier alpha value is -1.74. The van der Waals surface area contributed by atoms with Gasteiger partial charge in [0, 0.05) is 18.4 Å². The van der Waals surface area contributed by atoms with Gasteiger partial charge >= 0.3 is 0 Å². The van der Waals surface area contributed by atoms with E-state index in [1.165, 1.54) is 11.1 Å². The quantitative estimate of drug-likeness (QED) is 0.873. The summed E-state index contributed by atoms with van der Waals surface area (Å²) in [5.74, 6) is 1.93. The number of nitrogens with one attached hydrogen (secondary N) is 1. The van der Waals surface area contributed by atoms with E-state index < -0.39 is 0 Å². The van der Waals surface area contributed by atoms with Gasteiger partial charge in [-0.1, -0.05) is 12.1 Å². The zero-order valence-electron chi connectivity index (χ0n) is 12.0. The highest BCUT2D eigenvalue weighted by molar-refractivity contribution is 5.48. The molecule has 0 radical (unpaired) electrons. The lowest BCUT2D eigenvalue weighted by Gasteiger charge is -2.15. The van der Waals surface area contributed by atoms with Gasteiger partial charge in [0.05, 0.1) is 12.6 Å². The maximum Gasteiger partial charge on any atom is 0.106 e. The van der Waals surface area contributed by atoms with Gasteiger partial charge in [0.2, 0.25) is 0 Å². The van der Waals surface area contributed by atoms with Gasteiger partial charge in [-0.3, -0.25) is 0 Å². The molecule has 102 valence electrons. The zero-order valence-corrected chi connectivity index (χ0v) is 12.0. The van der Waals surface area contributed by atoms with Crippen LogP contribution in [0.3, 0.4) is 0 Å². The molecule has 1 unspecified atom stereocenters. The van der Waals surface area contributed by atoms with Crippen LogP contribution in [0.4, 0.5) is 5.69 Å². The summed E-state index contributed by atoms with van der Waals surface area (Å²) in [5.41, 5.74) is 3.47. The molecule has 1 heterocycles. The Morgan fingerprint density at radius 1 is 1.26 bits per heavy atom. The third-order valence-corrected chi connectivity index (χ3v) is 3.17. The Labute approximate surface area is 114 Å². The first-order valence-corrected chi connectivity index (χ1v) is 6.51. The minimum Gasteiger partial charge on any atom is -0.466 e. The second-order valence-electron chi connectivity index (χ2n) is 4.87. The molecule has 0 aliphatic carbocycles. The van der Waals surface area contributed by atoms with Crippen LogP contribution < -0.4 is 5.32 Å². The number of methoxy groups -OCH3 is 1. The third kappa shape index (κ3) is 3.38. The predicted octanol–water partition coefficient (Wildman–Crippen LogP) is 4.22. The number of benzene rings is 1. The first kappa shape index (κ1) is 13.7. The Kier molecular flexibility index (Phi) is 4.27. The number of anilines is 1. The minimum absolute atomic E-state index is 0.218. The molecule has 0 saturated heterocycles. The maximum atomic E-state index is 5.58. The molecule has 0 aliphatic heterocycles. The van der Waals surface area contributed by atoms with E-state index >= 15 is 0 Å². The number of aryl methyl sites for hydroxylation is 2. The van der Waals surface area contributed by atoms with E-state index in [0.717, 1.165) is 17.2 Å². The molecular formula is C16H21NO2. The van der Waals surface area contributed by atoms with Crippen LogP contribution in [0.2, 0.25) is 0 Å². The topological polar surface area (TPSA) is 34.4 Å². The zero-order chi connectivity index (χ0) is 13.8. The van der Waals surface area contributed by atoms with Crippen LogP contribution in [-0.2, 0) is 11.3 Å². The summed E-state index contributed by atoms with van der Waals surface area (Å²) in [5, 5.41) is 3.50. The van der Waals surface area contributed by atoms with Crippen LogP contribution in [0.5, 0.6) is 0 Å². The maximum absolute atomic E-state index is 5.58. The largest absolute Gasteiger partial charge is 0.466 e. The van der Waals surface area contributed by atoms with Gasteiger partial charge in [-0.2, -0.15) is 0 Å². The van der Waals surface area contributed by atoms with Gasteiger partial charge in [0.15, 0.2) is 0 Å². The van der Waals surface area contributed by atoms with Crippen LogP contribution >= 0.6 is 0 Å². The highest BCUT2D eigenvalue weighted by Gasteiger charge is 2.12. The summed E-state index contributed by atoms with van der Waals surface area (Å²) in [7, 11) is 1.71. The van der Waals surface area contributed by atoms with E-state index in [1.54, 1.807) is 7.11 Å². The lowest BCUT2D eigenvalue weighted by atomic mass is 10.1. The second kappa shape index (κ2) is 5.93. The summed E-state index contributed by atoms with van der Waals surface area (Å²) in [6, 6.07) is 10.6. The Balaban J connectivity index is 2.12. The molecule has 1 N–H and O–H groups in total. The van der Waals surface area contributed by atoms with E-state index in [2.05, 4.69) is 36.5 Å². The normalized spacial score (nSPS) is 12.4. The van der Waals surface area contributed by atoms with Crippen molar-refractivity contribution in [1.82, 2.24) is 0 Å². The highest BCUT2D eigenvalue weighted by atomic mass is 16.5. The predicted molar refractivity (Wildman–Crippen MR) is 77.4 cm³/mol. The van der Waals surface area contributed by atoms with Gasteiger partial charge in [0.1, 0.15) is 11.5 Å². The van der Waals surface area contributed by atoms with Crippen molar-refractivity contribution in [2.75, 3.05) is 12.4 Å². The van der Waals surface area contributed by atoms with Crippen molar-refractivity contribution in [3.05, 3.63) is 53.0 Å². The Bertz CT molecular complexity index is 545. The van der Waals surface area contributed by atoms with Gasteiger partial charge in [0.25, 0.3) is 0 Å². The lowest BCUT2D eigenvalue weighted by molar-refractivity contribution is 0.185. The van der Waals surface area contributed by atoms with Crippen molar-refractivity contribution in [3.8, 4) is 0 Å². The van der Waals surface area contributed by atoms with Crippen molar-refractivity contribution in [3.63, 3.8) is 0 Å². The summed E-state index contributed by atoms with van der Waals surface area (Å²) in [4.78, 5) is 0. The molecule has 0 amide bonds. The molecular weight excluding hydrogens is 238 g/mol. The average molecular weight is 259 g/mol. The molecule has 0 aliphatic rings. The van der Waals surface area contributed by atoms with Gasteiger partial charge in [-0.15, -0.1) is 0 Å². The van der Waals surface area contributed by atoms with Crippen LogP contribution in [0.1, 0.15) is 35.6 Å². The molecule has 3 heteroatoms. The van der Waals surface area contributed by atoms with E-state index in [9.17, 15) is 0 Å². The molecule has 2 aromatic rings. The van der Waals surface area contributed by atoms with E-state index in [0.29, 0.717) is 6.61 Å². The molecule has 0 bridgehead atoms. The van der Waals surface area contributed by atoms with Crippen LogP contribution in [0.25, 0.3) is 0 Å². The van der Waals surface area contributed by atoms with Crippen molar-refractivity contribution < 1.29 is 9.15 Å². The highest BCUT2D eigenvalue weighted by Crippen LogP contribution is 2.25. The Morgan fingerprint density at radius 3 is 2.68 bits per heavy atom. The second-order valence-corrected chi connectivity index (χ2v) is 4.87. The smallest absolute Gasteiger partial charge is 0.106 e. The van der Waals surface area contributed by atoms with Crippen molar-refractivity contribution >= 4 is 5.69 Å². The molecule has 3 nitrogen and oxygen atoms in total. The van der Waals surface area contributed by atoms with Gasteiger partial charge in [-0.05, 0) is 44.5 Å². The van der Waals surface area contributed by atoms with Crippen LogP contribution in [0, 0.1) is 13.8 Å². The lowest BCUT2D eigenvalue weighted by Crippen LogP contribution is -2.07. The molecule has 1 aromatic heterocycles. The summed E-state index contributed by atoms with van der Waals surface area (Å²) >= 11 is 0. The van der Waals surface area contributed by atoms with Crippen LogP contribution in [0.15, 0.2) is 34.7 Å². The monoisotopic (exact) mass is 259 g/mol. The average Bonchev–Trinajstić information content (AvgIpc) is 2.69. The fraction of sp³-hybridized carbons (Fsp3) is 0.375. The van der Waals surface area contributed by atoms with E-state index in [-0.39, 0.29) is 6.04 Å². The molecule has 1 aromatic carbocycles. The number of rotatable bonds is 5. The summed E-state index contributed by atoms with van der Waals surface area (Å²) < 4.78 is 10.7. The molecule has 0 saturated carbocycles. The number of ether oxygens (including phenoxy) is 1. The first-order valence-electron chi connectivity index (χ1n) is 6.51. The fourth-order valence-electron chi connectivity index (χ4n) is 2.33. The summed E-state index contributed by atoms with van der Waals surface area (Å²) in [6.45, 7) is 6.75. The first-order chi connectivity index (χ1) is 9.10. The number of furan rings is 1. The van der Waals surface area contributed by atoms with Crippen molar-refractivity contribution in [2.45, 2.75) is 33.4 Å².